The molecule has 0 aromatic rings. The molecule has 0 saturated heterocycles. The van der Waals surface area contributed by atoms with Gasteiger partial charge in [0.05, 0.1) is 12.9 Å². The minimum absolute atomic E-state index is 0. The van der Waals surface area contributed by atoms with Crippen LogP contribution < -0.4 is 0 Å². The van der Waals surface area contributed by atoms with E-state index < -0.39 is 10.1 Å². The summed E-state index contributed by atoms with van der Waals surface area (Å²) in [6, 6.07) is 0. The topological polar surface area (TPSA) is 43.4 Å². The second-order valence-corrected chi connectivity index (χ2v) is 2.75. The van der Waals surface area contributed by atoms with Gasteiger partial charge in [0.1, 0.15) is 0 Å². The molecule has 0 aromatic heterocycles. The van der Waals surface area contributed by atoms with Crippen LogP contribution in [0.25, 0.3) is 0 Å². The van der Waals surface area contributed by atoms with E-state index in [1.165, 1.54) is 0 Å². The first-order chi connectivity index (χ1) is 3.06. The molecule has 0 fully saturated rings. The molecule has 0 amide bonds. The molecular weight excluding hydrogens is 139 g/mol. The van der Waals surface area contributed by atoms with Crippen LogP contribution in [0.1, 0.15) is 6.92 Å². The summed E-state index contributed by atoms with van der Waals surface area (Å²) in [5, 5.41) is 0. The maximum atomic E-state index is 10.0. The van der Waals surface area contributed by atoms with Crippen molar-refractivity contribution in [3.05, 3.63) is 0 Å². The zero-order valence-electron chi connectivity index (χ0n) is 4.34. The van der Waals surface area contributed by atoms with Crippen molar-refractivity contribution in [1.29, 1.82) is 0 Å². The SMILES string of the molecule is CCOS(C)(=O)=O.[NaH]. The monoisotopic (exact) mass is 148 g/mol. The van der Waals surface area contributed by atoms with Gasteiger partial charge in [0.15, 0.2) is 0 Å². The molecule has 0 aliphatic carbocycles. The molecule has 0 N–H and O–H groups in total. The first-order valence-electron chi connectivity index (χ1n) is 1.90. The number of rotatable bonds is 2. The molecule has 0 spiro atoms. The van der Waals surface area contributed by atoms with Gasteiger partial charge in [-0.25, -0.2) is 0 Å². The average molecular weight is 148 g/mol. The minimum atomic E-state index is -3.17. The summed E-state index contributed by atoms with van der Waals surface area (Å²) in [6.07, 6.45) is 1.02. The number of hydrogen-bond donors (Lipinski definition) is 0. The Morgan fingerprint density at radius 1 is 1.50 bits per heavy atom. The Kier molecular flexibility index (Phi) is 6.94. The summed E-state index contributed by atoms with van der Waals surface area (Å²) in [5.74, 6) is 0. The standard InChI is InChI=1S/C3H8O3S.Na.H/c1-3-6-7(2,4)5;;/h3H2,1-2H3;;. The Labute approximate surface area is 71.8 Å². The van der Waals surface area contributed by atoms with Gasteiger partial charge < -0.3 is 0 Å². The van der Waals surface area contributed by atoms with E-state index in [4.69, 9.17) is 0 Å². The van der Waals surface area contributed by atoms with E-state index in [1.807, 2.05) is 0 Å². The van der Waals surface area contributed by atoms with Crippen molar-refractivity contribution in [2.75, 3.05) is 12.9 Å². The Balaban J connectivity index is 0. The third kappa shape index (κ3) is 10.0. The Bertz CT molecular complexity index is 127. The van der Waals surface area contributed by atoms with Crippen molar-refractivity contribution in [1.82, 2.24) is 0 Å². The van der Waals surface area contributed by atoms with Crippen LogP contribution in [-0.2, 0) is 14.3 Å². The van der Waals surface area contributed by atoms with Crippen molar-refractivity contribution in [2.45, 2.75) is 6.92 Å². The number of hydrogen-bond acceptors (Lipinski definition) is 3. The van der Waals surface area contributed by atoms with E-state index >= 15 is 0 Å². The fourth-order valence-corrected chi connectivity index (χ4v) is 0.642. The van der Waals surface area contributed by atoms with Crippen molar-refractivity contribution in [3.8, 4) is 0 Å². The molecule has 0 aromatic carbocycles. The summed E-state index contributed by atoms with van der Waals surface area (Å²) in [4.78, 5) is 0. The summed E-state index contributed by atoms with van der Waals surface area (Å²) in [7, 11) is -3.17. The molecule has 0 aliphatic heterocycles. The second-order valence-electron chi connectivity index (χ2n) is 1.11. The zero-order chi connectivity index (χ0) is 5.91. The summed E-state index contributed by atoms with van der Waals surface area (Å²) >= 11 is 0. The molecule has 46 valence electrons. The van der Waals surface area contributed by atoms with Gasteiger partial charge in [-0.1, -0.05) is 0 Å². The van der Waals surface area contributed by atoms with Crippen molar-refractivity contribution in [3.63, 3.8) is 0 Å². The first-order valence-corrected chi connectivity index (χ1v) is 3.72. The van der Waals surface area contributed by atoms with E-state index in [0.29, 0.717) is 0 Å². The zero-order valence-corrected chi connectivity index (χ0v) is 5.16. The third-order valence-electron chi connectivity index (χ3n) is 0.332. The van der Waals surface area contributed by atoms with Gasteiger partial charge in [0.25, 0.3) is 10.1 Å². The van der Waals surface area contributed by atoms with Gasteiger partial charge in [-0.2, -0.15) is 8.42 Å². The molecule has 0 bridgehead atoms. The predicted octanol–water partition coefficient (Wildman–Crippen LogP) is -0.666. The van der Waals surface area contributed by atoms with Crippen LogP contribution in [0.4, 0.5) is 0 Å². The quantitative estimate of drug-likeness (QED) is 0.385. The summed E-state index contributed by atoms with van der Waals surface area (Å²) < 4.78 is 24.2. The van der Waals surface area contributed by atoms with Crippen LogP contribution in [0.5, 0.6) is 0 Å². The van der Waals surface area contributed by atoms with E-state index in [2.05, 4.69) is 4.18 Å². The molecule has 0 heterocycles. The summed E-state index contributed by atoms with van der Waals surface area (Å²) in [5.41, 5.74) is 0. The Morgan fingerprint density at radius 2 is 1.88 bits per heavy atom. The van der Waals surface area contributed by atoms with Gasteiger partial charge in [-0.05, 0) is 6.92 Å². The van der Waals surface area contributed by atoms with Crippen molar-refractivity contribution in [2.24, 2.45) is 0 Å². The van der Waals surface area contributed by atoms with Crippen LogP contribution in [0.2, 0.25) is 0 Å². The molecule has 0 aliphatic rings. The molecule has 0 atom stereocenters. The molecule has 8 heavy (non-hydrogen) atoms. The molecule has 0 unspecified atom stereocenters. The van der Waals surface area contributed by atoms with Crippen LogP contribution in [-0.4, -0.2) is 50.8 Å². The normalized spacial score (nSPS) is 10.2. The van der Waals surface area contributed by atoms with Crippen molar-refractivity contribution < 1.29 is 12.6 Å². The van der Waals surface area contributed by atoms with E-state index in [9.17, 15) is 8.42 Å². The molecule has 0 saturated carbocycles. The Hall–Kier alpha value is 0.910. The van der Waals surface area contributed by atoms with Gasteiger partial charge in [-0.3, -0.25) is 4.18 Å². The van der Waals surface area contributed by atoms with Crippen LogP contribution in [0.3, 0.4) is 0 Å². The fourth-order valence-electron chi connectivity index (χ4n) is 0.214. The average Bonchev–Trinajstić information content (AvgIpc) is 1.30. The van der Waals surface area contributed by atoms with Gasteiger partial charge in [0.2, 0.25) is 0 Å². The van der Waals surface area contributed by atoms with Crippen LogP contribution >= 0.6 is 0 Å². The summed E-state index contributed by atoms with van der Waals surface area (Å²) in [6.45, 7) is 1.85. The van der Waals surface area contributed by atoms with E-state index in [-0.39, 0.29) is 36.2 Å². The van der Waals surface area contributed by atoms with E-state index in [1.54, 1.807) is 6.92 Å². The molecular formula is C3H9NaO3S. The Morgan fingerprint density at radius 3 is 1.88 bits per heavy atom. The van der Waals surface area contributed by atoms with E-state index in [0.717, 1.165) is 6.26 Å². The van der Waals surface area contributed by atoms with Gasteiger partial charge in [0, 0.05) is 0 Å². The predicted molar refractivity (Wildman–Crippen MR) is 33.6 cm³/mol. The van der Waals surface area contributed by atoms with Crippen molar-refractivity contribution >= 4 is 39.7 Å². The third-order valence-corrected chi connectivity index (χ3v) is 0.996. The molecule has 0 radical (unpaired) electrons. The second kappa shape index (κ2) is 4.76. The van der Waals surface area contributed by atoms with Crippen LogP contribution in [0.15, 0.2) is 0 Å². The maximum absolute atomic E-state index is 10.0. The fraction of sp³-hybridized carbons (Fsp3) is 1.00. The molecule has 3 nitrogen and oxygen atoms in total. The first kappa shape index (κ1) is 11.7. The molecule has 0 rings (SSSR count). The van der Waals surface area contributed by atoms with Crippen LogP contribution in [0, 0.1) is 0 Å². The van der Waals surface area contributed by atoms with Gasteiger partial charge >= 0.3 is 29.6 Å². The molecule has 5 heteroatoms. The van der Waals surface area contributed by atoms with Gasteiger partial charge in [-0.15, -0.1) is 0 Å².